The number of carbonyl (C=O) groups excluding carboxylic acids is 1. The van der Waals surface area contributed by atoms with Crippen molar-refractivity contribution in [2.45, 2.75) is 54.5 Å². The van der Waals surface area contributed by atoms with Crippen LogP contribution in [0.2, 0.25) is 0 Å². The van der Waals surface area contributed by atoms with Gasteiger partial charge in [-0.1, -0.05) is 18.2 Å². The van der Waals surface area contributed by atoms with Crippen molar-refractivity contribution in [2.75, 3.05) is 11.9 Å². The fraction of sp³-hybridized carbons (Fsp3) is 0.346. The first-order chi connectivity index (χ1) is 15.7. The zero-order valence-electron chi connectivity index (χ0n) is 20.2. The molecule has 2 aromatic carbocycles. The van der Waals surface area contributed by atoms with E-state index in [1.807, 2.05) is 43.7 Å². The zero-order valence-corrected chi connectivity index (χ0v) is 20.2. The first kappa shape index (κ1) is 24.2. The Balaban J connectivity index is 1.84. The molecule has 0 spiro atoms. The van der Waals surface area contributed by atoms with Crippen LogP contribution in [0.5, 0.6) is 0 Å². The van der Waals surface area contributed by atoms with Crippen LogP contribution >= 0.6 is 0 Å². The lowest BCUT2D eigenvalue weighted by atomic mass is 10.1. The second-order valence-corrected chi connectivity index (χ2v) is 8.31. The van der Waals surface area contributed by atoms with Gasteiger partial charge in [-0.2, -0.15) is 5.10 Å². The molecule has 1 amide bonds. The number of nitrogens with zero attached hydrogens (tertiary/aromatic N) is 3. The molecule has 0 fully saturated rings. The number of hydrogen-bond acceptors (Lipinski definition) is 3. The second kappa shape index (κ2) is 10.4. The molecule has 174 valence electrons. The number of carbonyl (C=O) groups is 1. The minimum Gasteiger partial charge on any atom is -0.326 e. The largest absolute Gasteiger partial charge is 0.326 e. The van der Waals surface area contributed by atoms with Crippen LogP contribution in [0.3, 0.4) is 0 Å². The third kappa shape index (κ3) is 5.86. The summed E-state index contributed by atoms with van der Waals surface area (Å²) in [5, 5.41) is 10.6. The normalized spacial score (nSPS) is 11.5. The van der Waals surface area contributed by atoms with E-state index in [9.17, 15) is 9.18 Å². The first-order valence-electron chi connectivity index (χ1n) is 11.2. The van der Waals surface area contributed by atoms with Crippen LogP contribution in [0.15, 0.2) is 41.4 Å². The molecule has 1 heterocycles. The van der Waals surface area contributed by atoms with Crippen LogP contribution in [-0.4, -0.2) is 28.2 Å². The fourth-order valence-electron chi connectivity index (χ4n) is 3.71. The topological polar surface area (TPSA) is 71.3 Å². The first-order valence-corrected chi connectivity index (χ1v) is 11.2. The van der Waals surface area contributed by atoms with E-state index in [4.69, 9.17) is 0 Å². The van der Waals surface area contributed by atoms with Gasteiger partial charge in [0.15, 0.2) is 0 Å². The lowest BCUT2D eigenvalue weighted by Gasteiger charge is -2.14. The van der Waals surface area contributed by atoms with E-state index in [1.54, 1.807) is 19.1 Å². The number of halogens is 1. The van der Waals surface area contributed by atoms with Crippen molar-refractivity contribution >= 4 is 17.6 Å². The number of aliphatic imine (C=N–C) groups is 1. The average Bonchev–Trinajstić information content (AvgIpc) is 3.05. The number of rotatable bonds is 6. The molecule has 0 saturated carbocycles. The molecule has 0 saturated heterocycles. The number of nitrogens with one attached hydrogen (secondary N) is 2. The highest BCUT2D eigenvalue weighted by Crippen LogP contribution is 2.17. The van der Waals surface area contributed by atoms with Crippen LogP contribution in [-0.2, 0) is 13.0 Å². The van der Waals surface area contributed by atoms with Gasteiger partial charge in [-0.05, 0) is 88.4 Å². The minimum absolute atomic E-state index is 0.240. The molecule has 3 aromatic rings. The average molecular weight is 450 g/mol. The standard InChI is InChI=1S/C26H32FN5O/c1-7-32-20(6)22(19(5)31-32)12-13-28-26(29-24-14-16(2)8-9-18(24)4)30-25(33)21-11-10-17(3)23(27)15-21/h8-11,14-15H,7,12-13H2,1-6H3,(H2,28,29,30,33). The highest BCUT2D eigenvalue weighted by atomic mass is 19.1. The fourth-order valence-corrected chi connectivity index (χ4v) is 3.71. The third-order valence-corrected chi connectivity index (χ3v) is 5.77. The van der Waals surface area contributed by atoms with E-state index in [-0.39, 0.29) is 5.56 Å². The van der Waals surface area contributed by atoms with Crippen LogP contribution in [0.4, 0.5) is 10.1 Å². The number of aromatic nitrogens is 2. The maximum absolute atomic E-state index is 14.0. The van der Waals surface area contributed by atoms with E-state index >= 15 is 0 Å². The lowest BCUT2D eigenvalue weighted by molar-refractivity contribution is 0.0976. The van der Waals surface area contributed by atoms with E-state index in [2.05, 4.69) is 34.6 Å². The smallest absolute Gasteiger partial charge is 0.258 e. The number of amides is 1. The van der Waals surface area contributed by atoms with Gasteiger partial charge in [-0.25, -0.2) is 4.39 Å². The van der Waals surface area contributed by atoms with E-state index < -0.39 is 11.7 Å². The van der Waals surface area contributed by atoms with E-state index in [0.29, 0.717) is 24.5 Å². The number of benzene rings is 2. The molecule has 0 bridgehead atoms. The van der Waals surface area contributed by atoms with Gasteiger partial charge in [0, 0.05) is 30.0 Å². The maximum atomic E-state index is 14.0. The molecule has 6 nitrogen and oxygen atoms in total. The van der Waals surface area contributed by atoms with Gasteiger partial charge in [0.25, 0.3) is 5.91 Å². The summed E-state index contributed by atoms with van der Waals surface area (Å²) in [6.45, 7) is 13.1. The summed E-state index contributed by atoms with van der Waals surface area (Å²) in [4.78, 5) is 17.5. The van der Waals surface area contributed by atoms with E-state index in [0.717, 1.165) is 34.7 Å². The van der Waals surface area contributed by atoms with Gasteiger partial charge in [-0.3, -0.25) is 19.8 Å². The summed E-state index contributed by atoms with van der Waals surface area (Å²) in [7, 11) is 0. The number of guanidine groups is 1. The summed E-state index contributed by atoms with van der Waals surface area (Å²) in [6.07, 6.45) is 0.699. The molecule has 0 aliphatic rings. The lowest BCUT2D eigenvalue weighted by Crippen LogP contribution is -2.36. The Labute approximate surface area is 194 Å². The van der Waals surface area contributed by atoms with Gasteiger partial charge in [-0.15, -0.1) is 0 Å². The van der Waals surface area contributed by atoms with Gasteiger partial charge < -0.3 is 5.32 Å². The molecule has 7 heteroatoms. The monoisotopic (exact) mass is 449 g/mol. The summed E-state index contributed by atoms with van der Waals surface area (Å²) in [5.41, 5.74) is 7.00. The Morgan fingerprint density at radius 3 is 2.45 bits per heavy atom. The van der Waals surface area contributed by atoms with Crippen molar-refractivity contribution in [3.05, 3.63) is 81.4 Å². The Morgan fingerprint density at radius 1 is 1.06 bits per heavy atom. The Hall–Kier alpha value is -3.48. The summed E-state index contributed by atoms with van der Waals surface area (Å²) in [6, 6.07) is 10.5. The molecule has 3 rings (SSSR count). The van der Waals surface area contributed by atoms with Crippen molar-refractivity contribution in [1.82, 2.24) is 15.1 Å². The molecular weight excluding hydrogens is 417 g/mol. The number of anilines is 1. The summed E-state index contributed by atoms with van der Waals surface area (Å²) < 4.78 is 16.0. The van der Waals surface area contributed by atoms with E-state index in [1.165, 1.54) is 11.6 Å². The molecule has 0 aliphatic heterocycles. The van der Waals surface area contributed by atoms with Gasteiger partial charge in [0.1, 0.15) is 5.82 Å². The second-order valence-electron chi connectivity index (χ2n) is 8.31. The van der Waals surface area contributed by atoms with Crippen LogP contribution in [0.25, 0.3) is 0 Å². The van der Waals surface area contributed by atoms with Gasteiger partial charge >= 0.3 is 0 Å². The quantitative estimate of drug-likeness (QED) is 0.410. The Bertz CT molecular complexity index is 1200. The van der Waals surface area contributed by atoms with Crippen molar-refractivity contribution < 1.29 is 9.18 Å². The van der Waals surface area contributed by atoms with Crippen LogP contribution in [0, 0.1) is 40.4 Å². The molecule has 0 radical (unpaired) electrons. The highest BCUT2D eigenvalue weighted by molar-refractivity contribution is 6.10. The SMILES string of the molecule is CCn1nc(C)c(CCN=C(NC(=O)c2ccc(C)c(F)c2)Nc2cc(C)ccc2C)c1C. The predicted molar refractivity (Wildman–Crippen MR) is 132 cm³/mol. The summed E-state index contributed by atoms with van der Waals surface area (Å²) in [5.74, 6) is -0.507. The van der Waals surface area contributed by atoms with Gasteiger partial charge in [0.2, 0.25) is 5.96 Å². The molecule has 0 atom stereocenters. The van der Waals surface area contributed by atoms with Gasteiger partial charge in [0.05, 0.1) is 5.69 Å². The van der Waals surface area contributed by atoms with Crippen molar-refractivity contribution in [2.24, 2.45) is 4.99 Å². The molecule has 1 aromatic heterocycles. The molecule has 0 aliphatic carbocycles. The van der Waals surface area contributed by atoms with Crippen molar-refractivity contribution in [3.63, 3.8) is 0 Å². The minimum atomic E-state index is -0.420. The van der Waals surface area contributed by atoms with Crippen molar-refractivity contribution in [3.8, 4) is 0 Å². The Kier molecular flexibility index (Phi) is 7.63. The van der Waals surface area contributed by atoms with Crippen molar-refractivity contribution in [1.29, 1.82) is 0 Å². The maximum Gasteiger partial charge on any atom is 0.258 e. The summed E-state index contributed by atoms with van der Waals surface area (Å²) >= 11 is 0. The van der Waals surface area contributed by atoms with Crippen LogP contribution < -0.4 is 10.6 Å². The Morgan fingerprint density at radius 2 is 1.79 bits per heavy atom. The van der Waals surface area contributed by atoms with Crippen LogP contribution in [0.1, 0.15) is 50.9 Å². The molecule has 33 heavy (non-hydrogen) atoms. The molecule has 2 N–H and O–H groups in total. The zero-order chi connectivity index (χ0) is 24.1. The number of hydrogen-bond donors (Lipinski definition) is 2. The predicted octanol–water partition coefficient (Wildman–Crippen LogP) is 5.02. The molecular formula is C26H32FN5O. The third-order valence-electron chi connectivity index (χ3n) is 5.77. The number of aryl methyl sites for hydroxylation is 5. The molecule has 0 unspecified atom stereocenters. The highest BCUT2D eigenvalue weighted by Gasteiger charge is 2.14.